The van der Waals surface area contributed by atoms with Crippen molar-refractivity contribution in [3.8, 4) is 5.75 Å². The SMILES string of the molecule is O=C(COc1ccc([N+](=O)[O-])cc1Cl)c1ccco1. The minimum Gasteiger partial charge on any atom is -0.484 e. The Hall–Kier alpha value is -2.34. The first kappa shape index (κ1) is 13.1. The van der Waals surface area contributed by atoms with Crippen LogP contribution in [0.3, 0.4) is 0 Å². The molecule has 0 aliphatic rings. The van der Waals surface area contributed by atoms with Crippen molar-refractivity contribution in [3.63, 3.8) is 0 Å². The molecule has 6 nitrogen and oxygen atoms in total. The molecule has 0 spiro atoms. The summed E-state index contributed by atoms with van der Waals surface area (Å²) in [7, 11) is 0. The van der Waals surface area contributed by atoms with Gasteiger partial charge in [-0.15, -0.1) is 0 Å². The normalized spacial score (nSPS) is 10.2. The molecule has 0 N–H and O–H groups in total. The summed E-state index contributed by atoms with van der Waals surface area (Å²) in [6, 6.07) is 6.86. The monoisotopic (exact) mass is 281 g/mol. The van der Waals surface area contributed by atoms with Gasteiger partial charge in [-0.05, 0) is 18.2 Å². The number of nitro benzene ring substituents is 1. The number of furan rings is 1. The zero-order valence-electron chi connectivity index (χ0n) is 9.54. The van der Waals surface area contributed by atoms with E-state index in [1.54, 1.807) is 6.07 Å². The van der Waals surface area contributed by atoms with E-state index in [1.165, 1.54) is 24.5 Å². The van der Waals surface area contributed by atoms with E-state index >= 15 is 0 Å². The number of non-ortho nitro benzene ring substituents is 1. The number of carbonyl (C=O) groups excluding carboxylic acids is 1. The fourth-order valence-corrected chi connectivity index (χ4v) is 1.60. The van der Waals surface area contributed by atoms with Crippen LogP contribution >= 0.6 is 11.6 Å². The summed E-state index contributed by atoms with van der Waals surface area (Å²) in [5.74, 6) is 0.0321. The molecule has 0 amide bonds. The molecule has 0 radical (unpaired) electrons. The van der Waals surface area contributed by atoms with Crippen molar-refractivity contribution >= 4 is 23.1 Å². The molecule has 1 aromatic carbocycles. The fraction of sp³-hybridized carbons (Fsp3) is 0.0833. The lowest BCUT2D eigenvalue weighted by Gasteiger charge is -2.06. The van der Waals surface area contributed by atoms with E-state index in [-0.39, 0.29) is 34.6 Å². The molecular formula is C12H8ClNO5. The zero-order valence-corrected chi connectivity index (χ0v) is 10.3. The van der Waals surface area contributed by atoms with E-state index in [1.807, 2.05) is 0 Å². The third-order valence-electron chi connectivity index (χ3n) is 2.28. The maximum atomic E-state index is 11.6. The van der Waals surface area contributed by atoms with Crippen molar-refractivity contribution in [2.75, 3.05) is 6.61 Å². The number of rotatable bonds is 5. The Morgan fingerprint density at radius 2 is 2.21 bits per heavy atom. The first-order chi connectivity index (χ1) is 9.08. The highest BCUT2D eigenvalue weighted by molar-refractivity contribution is 6.32. The van der Waals surface area contributed by atoms with E-state index in [2.05, 4.69) is 0 Å². The second-order valence-electron chi connectivity index (χ2n) is 3.56. The van der Waals surface area contributed by atoms with Gasteiger partial charge in [0.15, 0.2) is 12.4 Å². The topological polar surface area (TPSA) is 82.6 Å². The zero-order chi connectivity index (χ0) is 13.8. The number of halogens is 1. The van der Waals surface area contributed by atoms with Gasteiger partial charge in [-0.3, -0.25) is 14.9 Å². The molecule has 1 heterocycles. The smallest absolute Gasteiger partial charge is 0.271 e. The summed E-state index contributed by atoms with van der Waals surface area (Å²) < 4.78 is 10.1. The standard InChI is InChI=1S/C12H8ClNO5/c13-9-6-8(14(16)17)3-4-11(9)19-7-10(15)12-2-1-5-18-12/h1-6H,7H2. The average Bonchev–Trinajstić information content (AvgIpc) is 2.90. The third kappa shape index (κ3) is 3.11. The Bertz CT molecular complexity index is 609. The van der Waals surface area contributed by atoms with Gasteiger partial charge in [-0.25, -0.2) is 0 Å². The predicted octanol–water partition coefficient (Wildman–Crippen LogP) is 3.10. The van der Waals surface area contributed by atoms with Gasteiger partial charge in [-0.1, -0.05) is 11.6 Å². The van der Waals surface area contributed by atoms with Gasteiger partial charge in [0.2, 0.25) is 5.78 Å². The summed E-state index contributed by atoms with van der Waals surface area (Å²) in [5.41, 5.74) is -0.144. The summed E-state index contributed by atoms with van der Waals surface area (Å²) in [4.78, 5) is 21.6. The maximum Gasteiger partial charge on any atom is 0.271 e. The van der Waals surface area contributed by atoms with E-state index < -0.39 is 4.92 Å². The van der Waals surface area contributed by atoms with Crippen LogP contribution in [0.15, 0.2) is 41.0 Å². The van der Waals surface area contributed by atoms with Gasteiger partial charge >= 0.3 is 0 Å². The van der Waals surface area contributed by atoms with Crippen LogP contribution in [0.4, 0.5) is 5.69 Å². The van der Waals surface area contributed by atoms with Gasteiger partial charge in [0.05, 0.1) is 16.2 Å². The second kappa shape index (κ2) is 5.53. The first-order valence-electron chi connectivity index (χ1n) is 5.21. The molecule has 0 aliphatic carbocycles. The lowest BCUT2D eigenvalue weighted by Crippen LogP contribution is -2.10. The molecule has 0 atom stereocenters. The van der Waals surface area contributed by atoms with Gasteiger partial charge in [0.25, 0.3) is 5.69 Å². The average molecular weight is 282 g/mol. The van der Waals surface area contributed by atoms with Crippen molar-refractivity contribution in [3.05, 3.63) is 57.5 Å². The van der Waals surface area contributed by atoms with Gasteiger partial charge in [-0.2, -0.15) is 0 Å². The third-order valence-corrected chi connectivity index (χ3v) is 2.58. The highest BCUT2D eigenvalue weighted by Gasteiger charge is 2.13. The maximum absolute atomic E-state index is 11.6. The number of hydrogen-bond donors (Lipinski definition) is 0. The van der Waals surface area contributed by atoms with Crippen molar-refractivity contribution in [1.29, 1.82) is 0 Å². The Morgan fingerprint density at radius 3 is 2.79 bits per heavy atom. The highest BCUT2D eigenvalue weighted by Crippen LogP contribution is 2.28. The van der Waals surface area contributed by atoms with Crippen LogP contribution in [0.1, 0.15) is 10.6 Å². The van der Waals surface area contributed by atoms with Crippen LogP contribution in [-0.4, -0.2) is 17.3 Å². The highest BCUT2D eigenvalue weighted by atomic mass is 35.5. The minimum atomic E-state index is -0.566. The van der Waals surface area contributed by atoms with Crippen molar-refractivity contribution in [2.24, 2.45) is 0 Å². The van der Waals surface area contributed by atoms with Crippen LogP contribution in [0.5, 0.6) is 5.75 Å². The quantitative estimate of drug-likeness (QED) is 0.478. The molecule has 0 bridgehead atoms. The molecule has 0 unspecified atom stereocenters. The first-order valence-corrected chi connectivity index (χ1v) is 5.59. The molecule has 98 valence electrons. The largest absolute Gasteiger partial charge is 0.484 e. The number of nitrogens with zero attached hydrogens (tertiary/aromatic N) is 1. The van der Waals surface area contributed by atoms with E-state index in [9.17, 15) is 14.9 Å². The molecule has 2 rings (SSSR count). The molecule has 0 saturated carbocycles. The molecule has 1 aromatic heterocycles. The molecule has 0 saturated heterocycles. The predicted molar refractivity (Wildman–Crippen MR) is 66.6 cm³/mol. The Kier molecular flexibility index (Phi) is 3.82. The van der Waals surface area contributed by atoms with Crippen molar-refractivity contribution in [1.82, 2.24) is 0 Å². The van der Waals surface area contributed by atoms with Crippen LogP contribution in [0.2, 0.25) is 5.02 Å². The van der Waals surface area contributed by atoms with Gasteiger partial charge < -0.3 is 9.15 Å². The fourth-order valence-electron chi connectivity index (χ4n) is 1.37. The molecule has 7 heteroatoms. The Labute approximate surface area is 112 Å². The van der Waals surface area contributed by atoms with E-state index in [0.717, 1.165) is 6.07 Å². The van der Waals surface area contributed by atoms with Crippen LogP contribution < -0.4 is 4.74 Å². The van der Waals surface area contributed by atoms with E-state index in [4.69, 9.17) is 20.8 Å². The summed E-state index contributed by atoms with van der Waals surface area (Å²) in [6.07, 6.45) is 1.38. The molecular weight excluding hydrogens is 274 g/mol. The number of nitro groups is 1. The molecule has 19 heavy (non-hydrogen) atoms. The molecule has 0 aliphatic heterocycles. The van der Waals surface area contributed by atoms with Crippen LogP contribution in [0, 0.1) is 10.1 Å². The lowest BCUT2D eigenvalue weighted by atomic mass is 10.3. The van der Waals surface area contributed by atoms with Gasteiger partial charge in [0, 0.05) is 12.1 Å². The van der Waals surface area contributed by atoms with Crippen LogP contribution in [0.25, 0.3) is 0 Å². The van der Waals surface area contributed by atoms with Gasteiger partial charge in [0.1, 0.15) is 5.75 Å². The summed E-state index contributed by atoms with van der Waals surface area (Å²) >= 11 is 5.82. The summed E-state index contributed by atoms with van der Waals surface area (Å²) in [5, 5.41) is 10.6. The lowest BCUT2D eigenvalue weighted by molar-refractivity contribution is -0.384. The van der Waals surface area contributed by atoms with Crippen LogP contribution in [-0.2, 0) is 0 Å². The number of hydrogen-bond acceptors (Lipinski definition) is 5. The number of ketones is 1. The molecule has 0 fully saturated rings. The Morgan fingerprint density at radius 1 is 1.42 bits per heavy atom. The molecule has 2 aromatic rings. The number of benzene rings is 1. The van der Waals surface area contributed by atoms with Crippen molar-refractivity contribution < 1.29 is 18.9 Å². The number of carbonyl (C=O) groups is 1. The van der Waals surface area contributed by atoms with Crippen molar-refractivity contribution in [2.45, 2.75) is 0 Å². The number of Topliss-reactive ketones (excluding diaryl/α,β-unsaturated/α-hetero) is 1. The summed E-state index contributed by atoms with van der Waals surface area (Å²) in [6.45, 7) is -0.259. The van der Waals surface area contributed by atoms with E-state index in [0.29, 0.717) is 0 Å². The Balaban J connectivity index is 2.04. The number of ether oxygens (including phenoxy) is 1. The second-order valence-corrected chi connectivity index (χ2v) is 3.97. The minimum absolute atomic E-state index is 0.0708.